The van der Waals surface area contributed by atoms with Crippen LogP contribution < -0.4 is 5.32 Å². The topological polar surface area (TPSA) is 58.6 Å². The van der Waals surface area contributed by atoms with E-state index in [1.54, 1.807) is 6.07 Å². The Hall–Kier alpha value is -1.82. The maximum Gasteiger partial charge on any atom is 0.412 e. The third-order valence-corrected chi connectivity index (χ3v) is 2.89. The minimum absolute atomic E-state index is 0.0811. The molecule has 1 fully saturated rings. The van der Waals surface area contributed by atoms with Gasteiger partial charge in [-0.2, -0.15) is 0 Å². The molecule has 0 spiro atoms. The van der Waals surface area contributed by atoms with Gasteiger partial charge in [-0.15, -0.1) is 11.6 Å². The molecular formula is C12H12ClFN2O3. The van der Waals surface area contributed by atoms with Crippen LogP contribution in [-0.4, -0.2) is 42.0 Å². The summed E-state index contributed by atoms with van der Waals surface area (Å²) < 4.78 is 17.9. The molecule has 0 radical (unpaired) electrons. The molecule has 1 aromatic carbocycles. The van der Waals surface area contributed by atoms with Crippen molar-refractivity contribution < 1.29 is 18.7 Å². The van der Waals surface area contributed by atoms with Crippen molar-refractivity contribution in [2.75, 3.05) is 24.3 Å². The minimum Gasteiger partial charge on any atom is -0.442 e. The molecule has 1 heterocycles. The summed E-state index contributed by atoms with van der Waals surface area (Å²) in [6, 6.07) is 5.49. The number of hydrogen-bond donors (Lipinski definition) is 1. The maximum atomic E-state index is 12.9. The average Bonchev–Trinajstić information content (AvgIpc) is 2.32. The van der Waals surface area contributed by atoms with Gasteiger partial charge in [0.2, 0.25) is 5.91 Å². The van der Waals surface area contributed by atoms with E-state index in [0.29, 0.717) is 18.8 Å². The standard InChI is InChI=1S/C12H12ClFN2O3/c13-5-11(17)16-6-10(7-16)19-12(18)15-9-3-1-2-8(14)4-9/h1-4,10H,5-7H2,(H,15,18). The highest BCUT2D eigenvalue weighted by molar-refractivity contribution is 6.27. The second kappa shape index (κ2) is 5.88. The van der Waals surface area contributed by atoms with Gasteiger partial charge in [-0.25, -0.2) is 9.18 Å². The zero-order valence-corrected chi connectivity index (χ0v) is 10.7. The monoisotopic (exact) mass is 286 g/mol. The number of rotatable bonds is 3. The van der Waals surface area contributed by atoms with Crippen LogP contribution in [0.5, 0.6) is 0 Å². The van der Waals surface area contributed by atoms with Crippen molar-refractivity contribution in [1.29, 1.82) is 0 Å². The van der Waals surface area contributed by atoms with E-state index in [4.69, 9.17) is 16.3 Å². The number of nitrogens with zero attached hydrogens (tertiary/aromatic N) is 1. The van der Waals surface area contributed by atoms with Gasteiger partial charge in [0.15, 0.2) is 0 Å². The summed E-state index contributed by atoms with van der Waals surface area (Å²) in [4.78, 5) is 24.1. The van der Waals surface area contributed by atoms with Gasteiger partial charge in [-0.1, -0.05) is 6.07 Å². The van der Waals surface area contributed by atoms with Crippen LogP contribution in [0, 0.1) is 5.82 Å². The molecule has 1 aliphatic heterocycles. The van der Waals surface area contributed by atoms with Gasteiger partial charge in [-0.05, 0) is 18.2 Å². The molecule has 19 heavy (non-hydrogen) atoms. The van der Waals surface area contributed by atoms with Crippen LogP contribution in [0.1, 0.15) is 0 Å². The molecule has 0 atom stereocenters. The molecular weight excluding hydrogens is 275 g/mol. The third-order valence-electron chi connectivity index (χ3n) is 2.66. The van der Waals surface area contributed by atoms with Crippen molar-refractivity contribution in [2.24, 2.45) is 0 Å². The Morgan fingerprint density at radius 2 is 2.21 bits per heavy atom. The number of nitrogens with one attached hydrogen (secondary N) is 1. The molecule has 1 aromatic rings. The SMILES string of the molecule is O=C(Nc1cccc(F)c1)OC1CN(C(=O)CCl)C1. The molecule has 2 rings (SSSR count). The van der Waals surface area contributed by atoms with Gasteiger partial charge >= 0.3 is 6.09 Å². The van der Waals surface area contributed by atoms with E-state index < -0.39 is 11.9 Å². The van der Waals surface area contributed by atoms with Crippen molar-refractivity contribution in [3.63, 3.8) is 0 Å². The second-order valence-corrected chi connectivity index (χ2v) is 4.36. The van der Waals surface area contributed by atoms with Crippen LogP contribution in [0.4, 0.5) is 14.9 Å². The summed E-state index contributed by atoms with van der Waals surface area (Å²) in [5, 5.41) is 2.41. The Bertz CT molecular complexity index is 492. The summed E-state index contributed by atoms with van der Waals surface area (Å²) >= 11 is 5.39. The fraction of sp³-hybridized carbons (Fsp3) is 0.333. The first-order chi connectivity index (χ1) is 9.08. The molecule has 1 aliphatic rings. The van der Waals surface area contributed by atoms with E-state index in [9.17, 15) is 14.0 Å². The van der Waals surface area contributed by atoms with Gasteiger partial charge in [0.1, 0.15) is 17.8 Å². The predicted molar refractivity (Wildman–Crippen MR) is 67.6 cm³/mol. The molecule has 5 nitrogen and oxygen atoms in total. The number of carbonyl (C=O) groups excluding carboxylic acids is 2. The van der Waals surface area contributed by atoms with Crippen LogP contribution in [0.25, 0.3) is 0 Å². The molecule has 0 bridgehead atoms. The summed E-state index contributed by atoms with van der Waals surface area (Å²) in [6.07, 6.45) is -1.02. The Morgan fingerprint density at radius 3 is 2.84 bits per heavy atom. The van der Waals surface area contributed by atoms with Gasteiger partial charge in [-0.3, -0.25) is 10.1 Å². The van der Waals surface area contributed by atoms with E-state index in [1.807, 2.05) is 0 Å². The summed E-state index contributed by atoms with van der Waals surface area (Å²) in [5.74, 6) is -0.713. The molecule has 0 unspecified atom stereocenters. The largest absolute Gasteiger partial charge is 0.442 e. The van der Waals surface area contributed by atoms with Crippen LogP contribution >= 0.6 is 11.6 Å². The fourth-order valence-corrected chi connectivity index (χ4v) is 1.83. The third kappa shape index (κ3) is 3.57. The van der Waals surface area contributed by atoms with Gasteiger partial charge in [0.25, 0.3) is 0 Å². The van der Waals surface area contributed by atoms with E-state index in [1.165, 1.54) is 23.1 Å². The molecule has 0 aromatic heterocycles. The Morgan fingerprint density at radius 1 is 1.47 bits per heavy atom. The molecule has 2 amide bonds. The first-order valence-corrected chi connectivity index (χ1v) is 6.19. The normalized spacial score (nSPS) is 14.7. The zero-order chi connectivity index (χ0) is 13.8. The summed E-state index contributed by atoms with van der Waals surface area (Å²) in [6.45, 7) is 0.671. The average molecular weight is 287 g/mol. The number of alkyl halides is 1. The second-order valence-electron chi connectivity index (χ2n) is 4.10. The molecule has 1 saturated heterocycles. The summed E-state index contributed by atoms with van der Waals surface area (Å²) in [5.41, 5.74) is 0.318. The van der Waals surface area contributed by atoms with Crippen LogP contribution in [0.15, 0.2) is 24.3 Å². The van der Waals surface area contributed by atoms with Crippen molar-refractivity contribution in [3.8, 4) is 0 Å². The number of likely N-dealkylation sites (tertiary alicyclic amines) is 1. The number of benzene rings is 1. The van der Waals surface area contributed by atoms with Crippen LogP contribution in [0.2, 0.25) is 0 Å². The lowest BCUT2D eigenvalue weighted by molar-refractivity contribution is -0.138. The summed E-state index contributed by atoms with van der Waals surface area (Å²) in [7, 11) is 0. The minimum atomic E-state index is -0.673. The van der Waals surface area contributed by atoms with Crippen molar-refractivity contribution in [2.45, 2.75) is 6.10 Å². The van der Waals surface area contributed by atoms with E-state index >= 15 is 0 Å². The molecule has 102 valence electrons. The molecule has 1 N–H and O–H groups in total. The van der Waals surface area contributed by atoms with Gasteiger partial charge < -0.3 is 9.64 Å². The lowest BCUT2D eigenvalue weighted by Gasteiger charge is -2.37. The highest BCUT2D eigenvalue weighted by atomic mass is 35.5. The lowest BCUT2D eigenvalue weighted by atomic mass is 10.2. The van der Waals surface area contributed by atoms with Crippen molar-refractivity contribution in [1.82, 2.24) is 4.90 Å². The first kappa shape index (κ1) is 13.6. The number of hydrogen-bond acceptors (Lipinski definition) is 3. The highest BCUT2D eigenvalue weighted by Crippen LogP contribution is 2.14. The first-order valence-electron chi connectivity index (χ1n) is 5.65. The van der Waals surface area contributed by atoms with Crippen LogP contribution in [-0.2, 0) is 9.53 Å². The number of halogens is 2. The van der Waals surface area contributed by atoms with Crippen LogP contribution in [0.3, 0.4) is 0 Å². The van der Waals surface area contributed by atoms with Gasteiger partial charge in [0.05, 0.1) is 13.1 Å². The highest BCUT2D eigenvalue weighted by Gasteiger charge is 2.32. The smallest absolute Gasteiger partial charge is 0.412 e. The quantitative estimate of drug-likeness (QED) is 0.863. The number of ether oxygens (including phenoxy) is 1. The van der Waals surface area contributed by atoms with Crippen molar-refractivity contribution >= 4 is 29.3 Å². The number of carbonyl (C=O) groups is 2. The predicted octanol–water partition coefficient (Wildman–Crippen LogP) is 1.82. The van der Waals surface area contributed by atoms with E-state index in [0.717, 1.165) is 0 Å². The lowest BCUT2D eigenvalue weighted by Crippen LogP contribution is -2.56. The fourth-order valence-electron chi connectivity index (χ4n) is 1.67. The number of anilines is 1. The van der Waals surface area contributed by atoms with E-state index in [2.05, 4.69) is 5.32 Å². The Balaban J connectivity index is 1.76. The zero-order valence-electron chi connectivity index (χ0n) is 9.94. The number of amides is 2. The molecule has 0 aliphatic carbocycles. The van der Waals surface area contributed by atoms with Crippen molar-refractivity contribution in [3.05, 3.63) is 30.1 Å². The van der Waals surface area contributed by atoms with E-state index in [-0.39, 0.29) is 17.9 Å². The molecule has 0 saturated carbocycles. The molecule has 7 heteroatoms. The van der Waals surface area contributed by atoms with Gasteiger partial charge in [0, 0.05) is 5.69 Å². The Labute approximate surface area is 114 Å². The maximum absolute atomic E-state index is 12.9. The Kier molecular flexibility index (Phi) is 4.21.